The third-order valence-electron chi connectivity index (χ3n) is 6.08. The lowest BCUT2D eigenvalue weighted by molar-refractivity contribution is -0.0440. The Kier molecular flexibility index (Phi) is 6.42. The molecule has 0 spiro atoms. The predicted molar refractivity (Wildman–Crippen MR) is 121 cm³/mol. The van der Waals surface area contributed by atoms with Gasteiger partial charge in [0.15, 0.2) is 0 Å². The number of carbonyl (C=O) groups is 1. The highest BCUT2D eigenvalue weighted by Crippen LogP contribution is 2.47. The zero-order chi connectivity index (χ0) is 23.2. The number of sulfonamides is 1. The zero-order valence-electron chi connectivity index (χ0n) is 18.7. The van der Waals surface area contributed by atoms with E-state index < -0.39 is 10.0 Å². The standard InChI is InChI=1S/C23H29ClN2O5S/c1-14-9-19(14)21-8-6-18(31-21)13-25(4)23(27)17-5-7-20(24)22(10-17)32(28,29)26-11-15(2)30-16(3)12-26/h5-8,10,14-16,19H,9,11-13H2,1-4H3/t14-,15-,16-,19-/m1/s1. The van der Waals surface area contributed by atoms with Gasteiger partial charge in [-0.05, 0) is 56.5 Å². The maximum Gasteiger partial charge on any atom is 0.254 e. The Balaban J connectivity index is 1.52. The van der Waals surface area contributed by atoms with E-state index >= 15 is 0 Å². The molecule has 0 N–H and O–H groups in total. The van der Waals surface area contributed by atoms with E-state index in [1.165, 1.54) is 21.3 Å². The number of carbonyl (C=O) groups excluding carboxylic acids is 1. The number of amides is 1. The van der Waals surface area contributed by atoms with Crippen molar-refractivity contribution >= 4 is 27.5 Å². The van der Waals surface area contributed by atoms with Crippen molar-refractivity contribution in [2.24, 2.45) is 5.92 Å². The number of hydrogen-bond donors (Lipinski definition) is 0. The molecular formula is C23H29ClN2O5S. The van der Waals surface area contributed by atoms with Gasteiger partial charge in [-0.1, -0.05) is 18.5 Å². The van der Waals surface area contributed by atoms with Crippen molar-refractivity contribution in [1.82, 2.24) is 9.21 Å². The quantitative estimate of drug-likeness (QED) is 0.621. The minimum absolute atomic E-state index is 0.0669. The van der Waals surface area contributed by atoms with Crippen LogP contribution < -0.4 is 0 Å². The summed E-state index contributed by atoms with van der Waals surface area (Å²) in [6.07, 6.45) is 0.685. The summed E-state index contributed by atoms with van der Waals surface area (Å²) < 4.78 is 39.5. The summed E-state index contributed by atoms with van der Waals surface area (Å²) in [5.74, 6) is 2.47. The second kappa shape index (κ2) is 8.82. The lowest BCUT2D eigenvalue weighted by atomic mass is 10.2. The molecule has 2 heterocycles. The van der Waals surface area contributed by atoms with Crippen LogP contribution in [0.5, 0.6) is 0 Å². The van der Waals surface area contributed by atoms with Crippen molar-refractivity contribution < 1.29 is 22.4 Å². The highest BCUT2D eigenvalue weighted by Gasteiger charge is 2.37. The molecule has 1 aromatic heterocycles. The number of hydrogen-bond acceptors (Lipinski definition) is 5. The van der Waals surface area contributed by atoms with Crippen LogP contribution in [0.2, 0.25) is 5.02 Å². The molecule has 2 aromatic rings. The lowest BCUT2D eigenvalue weighted by Gasteiger charge is -2.34. The summed E-state index contributed by atoms with van der Waals surface area (Å²) in [4.78, 5) is 14.5. The molecule has 32 heavy (non-hydrogen) atoms. The van der Waals surface area contributed by atoms with Crippen molar-refractivity contribution in [3.8, 4) is 0 Å². The van der Waals surface area contributed by atoms with Crippen LogP contribution in [0.4, 0.5) is 0 Å². The van der Waals surface area contributed by atoms with Crippen molar-refractivity contribution in [2.75, 3.05) is 20.1 Å². The number of furan rings is 1. The number of benzene rings is 1. The number of nitrogens with zero attached hydrogens (tertiary/aromatic N) is 2. The smallest absolute Gasteiger partial charge is 0.254 e. The fourth-order valence-corrected chi connectivity index (χ4v) is 6.31. The molecule has 2 aliphatic rings. The molecule has 9 heteroatoms. The van der Waals surface area contributed by atoms with E-state index in [2.05, 4.69) is 6.92 Å². The normalized spacial score (nSPS) is 26.2. The van der Waals surface area contributed by atoms with Crippen molar-refractivity contribution in [1.29, 1.82) is 0 Å². The van der Waals surface area contributed by atoms with Gasteiger partial charge in [0, 0.05) is 31.6 Å². The molecule has 1 amide bonds. The average molecular weight is 481 g/mol. The van der Waals surface area contributed by atoms with Gasteiger partial charge in [0.1, 0.15) is 16.4 Å². The third kappa shape index (κ3) is 4.73. The minimum atomic E-state index is -3.87. The van der Waals surface area contributed by atoms with Gasteiger partial charge in [-0.15, -0.1) is 0 Å². The molecule has 0 unspecified atom stereocenters. The van der Waals surface area contributed by atoms with E-state index in [1.54, 1.807) is 13.1 Å². The van der Waals surface area contributed by atoms with E-state index in [4.69, 9.17) is 20.8 Å². The lowest BCUT2D eigenvalue weighted by Crippen LogP contribution is -2.48. The number of rotatable bonds is 6. The maximum absolute atomic E-state index is 13.3. The van der Waals surface area contributed by atoms with Crippen LogP contribution in [-0.4, -0.2) is 55.9 Å². The molecule has 1 saturated heterocycles. The van der Waals surface area contributed by atoms with Gasteiger partial charge in [-0.25, -0.2) is 8.42 Å². The van der Waals surface area contributed by atoms with Crippen molar-refractivity contribution in [2.45, 2.75) is 56.8 Å². The van der Waals surface area contributed by atoms with Crippen LogP contribution in [-0.2, 0) is 21.3 Å². The van der Waals surface area contributed by atoms with Gasteiger partial charge in [0.2, 0.25) is 10.0 Å². The number of halogens is 1. The summed E-state index contributed by atoms with van der Waals surface area (Å²) >= 11 is 6.26. The first kappa shape index (κ1) is 23.3. The molecule has 1 aliphatic heterocycles. The molecular weight excluding hydrogens is 452 g/mol. The van der Waals surface area contributed by atoms with Gasteiger partial charge in [0.05, 0.1) is 23.8 Å². The van der Waals surface area contributed by atoms with Crippen LogP contribution in [0, 0.1) is 5.92 Å². The van der Waals surface area contributed by atoms with Crippen LogP contribution in [0.25, 0.3) is 0 Å². The van der Waals surface area contributed by atoms with Gasteiger partial charge in [-0.3, -0.25) is 4.79 Å². The Bertz CT molecular complexity index is 1110. The van der Waals surface area contributed by atoms with Gasteiger partial charge in [0.25, 0.3) is 5.91 Å². The molecule has 1 aromatic carbocycles. The van der Waals surface area contributed by atoms with E-state index in [1.807, 2.05) is 26.0 Å². The minimum Gasteiger partial charge on any atom is -0.464 e. The number of morpholine rings is 1. The summed E-state index contributed by atoms with van der Waals surface area (Å²) in [6, 6.07) is 8.23. The first-order chi connectivity index (χ1) is 15.1. The number of ether oxygens (including phenoxy) is 1. The average Bonchev–Trinajstić information content (AvgIpc) is 3.27. The Morgan fingerprint density at radius 3 is 2.44 bits per heavy atom. The van der Waals surface area contributed by atoms with E-state index in [0.717, 1.165) is 12.2 Å². The first-order valence-corrected chi connectivity index (χ1v) is 12.7. The zero-order valence-corrected chi connectivity index (χ0v) is 20.3. The van der Waals surface area contributed by atoms with E-state index in [9.17, 15) is 13.2 Å². The summed E-state index contributed by atoms with van der Waals surface area (Å²) in [6.45, 7) is 6.62. The Hall–Kier alpha value is -1.87. The topological polar surface area (TPSA) is 80.1 Å². The van der Waals surface area contributed by atoms with E-state index in [0.29, 0.717) is 24.1 Å². The summed E-state index contributed by atoms with van der Waals surface area (Å²) in [5, 5.41) is 0.0882. The highest BCUT2D eigenvalue weighted by molar-refractivity contribution is 7.89. The molecule has 7 nitrogen and oxygen atoms in total. The van der Waals surface area contributed by atoms with Crippen LogP contribution in [0.1, 0.15) is 55.0 Å². The Morgan fingerprint density at radius 2 is 1.81 bits per heavy atom. The van der Waals surface area contributed by atoms with Crippen LogP contribution >= 0.6 is 11.6 Å². The van der Waals surface area contributed by atoms with Crippen molar-refractivity contribution in [3.63, 3.8) is 0 Å². The first-order valence-electron chi connectivity index (χ1n) is 10.9. The molecule has 0 bridgehead atoms. The van der Waals surface area contributed by atoms with E-state index in [-0.39, 0.29) is 46.7 Å². The summed E-state index contributed by atoms with van der Waals surface area (Å²) in [7, 11) is -2.21. The third-order valence-corrected chi connectivity index (χ3v) is 8.39. The van der Waals surface area contributed by atoms with Crippen molar-refractivity contribution in [3.05, 3.63) is 52.4 Å². The SMILES string of the molecule is C[C@@H]1CN(S(=O)(=O)c2cc(C(=O)N(C)Cc3ccc([C@@H]4C[C@H]4C)o3)ccc2Cl)C[C@@H](C)O1. The second-order valence-corrected chi connectivity index (χ2v) is 11.3. The fourth-order valence-electron chi connectivity index (χ4n) is 4.22. The maximum atomic E-state index is 13.3. The molecule has 4 atom stereocenters. The molecule has 0 radical (unpaired) electrons. The summed E-state index contributed by atoms with van der Waals surface area (Å²) in [5.41, 5.74) is 0.257. The van der Waals surface area contributed by atoms with Gasteiger partial charge in [-0.2, -0.15) is 4.31 Å². The highest BCUT2D eigenvalue weighted by atomic mass is 35.5. The molecule has 1 saturated carbocycles. The fraction of sp³-hybridized carbons (Fsp3) is 0.522. The molecule has 1 aliphatic carbocycles. The molecule has 2 fully saturated rings. The Labute approximate surface area is 194 Å². The van der Waals surface area contributed by atoms with Gasteiger partial charge >= 0.3 is 0 Å². The largest absolute Gasteiger partial charge is 0.464 e. The van der Waals surface area contributed by atoms with Gasteiger partial charge < -0.3 is 14.1 Å². The molecule has 174 valence electrons. The predicted octanol–water partition coefficient (Wildman–Crippen LogP) is 4.13. The monoisotopic (exact) mass is 480 g/mol. The van der Waals surface area contributed by atoms with Crippen LogP contribution in [0.3, 0.4) is 0 Å². The van der Waals surface area contributed by atoms with Crippen LogP contribution in [0.15, 0.2) is 39.6 Å². The second-order valence-electron chi connectivity index (χ2n) is 9.01. The molecule has 4 rings (SSSR count). The Morgan fingerprint density at radius 1 is 1.16 bits per heavy atom.